The van der Waals surface area contributed by atoms with Gasteiger partial charge in [0.1, 0.15) is 11.6 Å². The maximum Gasteiger partial charge on any atom is 0.279 e. The van der Waals surface area contributed by atoms with E-state index in [4.69, 9.17) is 14.5 Å². The van der Waals surface area contributed by atoms with Crippen LogP contribution >= 0.6 is 0 Å². The zero-order valence-corrected chi connectivity index (χ0v) is 17.1. The van der Waals surface area contributed by atoms with Crippen molar-refractivity contribution in [3.63, 3.8) is 0 Å². The van der Waals surface area contributed by atoms with Crippen molar-refractivity contribution in [2.45, 2.75) is 12.5 Å². The molecule has 0 saturated heterocycles. The number of fused-ring (bicyclic) bond motifs is 3. The minimum atomic E-state index is -0.364. The van der Waals surface area contributed by atoms with Gasteiger partial charge in [-0.05, 0) is 53.1 Å². The Morgan fingerprint density at radius 1 is 1.03 bits per heavy atom. The van der Waals surface area contributed by atoms with Crippen LogP contribution in [0, 0.1) is 0 Å². The Labute approximate surface area is 178 Å². The summed E-state index contributed by atoms with van der Waals surface area (Å²) in [5, 5.41) is 10.3. The lowest BCUT2D eigenvalue weighted by molar-refractivity contribution is 0.354. The monoisotopic (exact) mass is 415 g/mol. The molecule has 1 unspecified atom stereocenters. The summed E-state index contributed by atoms with van der Waals surface area (Å²) in [5.74, 6) is 2.00. The van der Waals surface area contributed by atoms with Crippen LogP contribution in [0.5, 0.6) is 17.2 Å². The normalized spacial score (nSPS) is 14.8. The lowest BCUT2D eigenvalue weighted by Crippen LogP contribution is -2.34. The fourth-order valence-electron chi connectivity index (χ4n) is 4.08. The third-order valence-electron chi connectivity index (χ3n) is 5.63. The number of hydrogen-bond donors (Lipinski definition) is 2. The number of nitrogens with one attached hydrogen (secondary N) is 1. The van der Waals surface area contributed by atoms with Gasteiger partial charge in [-0.2, -0.15) is 0 Å². The SMILES string of the molecule is COc1cc2c(cc1OC)C(c1ccc(O)cc1)Nn1c(nc3ccccc3c1=O)C2. The summed E-state index contributed by atoms with van der Waals surface area (Å²) in [5.41, 5.74) is 6.67. The summed E-state index contributed by atoms with van der Waals surface area (Å²) in [7, 11) is 3.19. The predicted octanol–water partition coefficient (Wildman–Crippen LogP) is 3.36. The number of phenolic OH excluding ortho intramolecular Hbond substituents is 1. The van der Waals surface area contributed by atoms with Crippen molar-refractivity contribution in [2.24, 2.45) is 0 Å². The van der Waals surface area contributed by atoms with E-state index in [2.05, 4.69) is 5.43 Å². The van der Waals surface area contributed by atoms with Crippen molar-refractivity contribution in [1.29, 1.82) is 0 Å². The van der Waals surface area contributed by atoms with Crippen molar-refractivity contribution in [2.75, 3.05) is 19.6 Å². The van der Waals surface area contributed by atoms with Crippen molar-refractivity contribution < 1.29 is 14.6 Å². The van der Waals surface area contributed by atoms with Gasteiger partial charge in [0.2, 0.25) is 0 Å². The molecule has 0 radical (unpaired) electrons. The molecular weight excluding hydrogens is 394 g/mol. The zero-order chi connectivity index (χ0) is 21.5. The summed E-state index contributed by atoms with van der Waals surface area (Å²) in [6.07, 6.45) is 0.442. The van der Waals surface area contributed by atoms with E-state index in [1.807, 2.05) is 42.5 Å². The van der Waals surface area contributed by atoms with Gasteiger partial charge < -0.3 is 20.0 Å². The van der Waals surface area contributed by atoms with Crippen LogP contribution in [-0.4, -0.2) is 29.0 Å². The molecule has 1 atom stereocenters. The average Bonchev–Trinajstić information content (AvgIpc) is 2.95. The summed E-state index contributed by atoms with van der Waals surface area (Å²) in [4.78, 5) is 18.1. The minimum absolute atomic E-state index is 0.156. The molecule has 31 heavy (non-hydrogen) atoms. The fourth-order valence-corrected chi connectivity index (χ4v) is 4.08. The highest BCUT2D eigenvalue weighted by Gasteiger charge is 2.27. The number of para-hydroxylation sites is 1. The van der Waals surface area contributed by atoms with Gasteiger partial charge in [0.15, 0.2) is 11.5 Å². The first-order chi connectivity index (χ1) is 15.1. The van der Waals surface area contributed by atoms with Crippen LogP contribution in [0.25, 0.3) is 10.9 Å². The number of methoxy groups -OCH3 is 2. The van der Waals surface area contributed by atoms with Crippen molar-refractivity contribution in [3.05, 3.63) is 93.5 Å². The van der Waals surface area contributed by atoms with Crippen molar-refractivity contribution in [3.8, 4) is 17.2 Å². The number of nitrogens with zero attached hydrogens (tertiary/aromatic N) is 2. The second-order valence-corrected chi connectivity index (χ2v) is 7.42. The topological polar surface area (TPSA) is 85.6 Å². The molecule has 2 heterocycles. The first kappa shape index (κ1) is 19.0. The highest BCUT2D eigenvalue weighted by Crippen LogP contribution is 2.38. The van der Waals surface area contributed by atoms with E-state index in [1.165, 1.54) is 4.68 Å². The highest BCUT2D eigenvalue weighted by molar-refractivity contribution is 5.77. The van der Waals surface area contributed by atoms with Crippen LogP contribution < -0.4 is 20.5 Å². The molecule has 3 aromatic carbocycles. The molecule has 7 nitrogen and oxygen atoms in total. The Morgan fingerprint density at radius 3 is 2.48 bits per heavy atom. The molecule has 7 heteroatoms. The smallest absolute Gasteiger partial charge is 0.279 e. The van der Waals surface area contributed by atoms with Gasteiger partial charge in [0.05, 0.1) is 31.2 Å². The summed E-state index contributed by atoms with van der Waals surface area (Å²) in [6.45, 7) is 0. The molecule has 1 aromatic heterocycles. The van der Waals surface area contributed by atoms with Crippen LogP contribution in [0.15, 0.2) is 65.5 Å². The number of aromatic hydroxyl groups is 1. The fraction of sp³-hybridized carbons (Fsp3) is 0.167. The Bertz CT molecular complexity index is 1350. The number of rotatable bonds is 3. The Morgan fingerprint density at radius 2 is 1.74 bits per heavy atom. The molecule has 0 amide bonds. The van der Waals surface area contributed by atoms with Crippen LogP contribution in [0.1, 0.15) is 28.6 Å². The third-order valence-corrected chi connectivity index (χ3v) is 5.63. The molecule has 4 aromatic rings. The number of aromatic nitrogens is 2. The van der Waals surface area contributed by atoms with E-state index >= 15 is 0 Å². The highest BCUT2D eigenvalue weighted by atomic mass is 16.5. The van der Waals surface area contributed by atoms with Crippen LogP contribution in [0.2, 0.25) is 0 Å². The Kier molecular flexibility index (Phi) is 4.51. The molecule has 1 aliphatic heterocycles. The van der Waals surface area contributed by atoms with Gasteiger partial charge in [-0.15, -0.1) is 0 Å². The molecule has 2 N–H and O–H groups in total. The second kappa shape index (κ2) is 7.36. The van der Waals surface area contributed by atoms with Gasteiger partial charge in [0, 0.05) is 6.42 Å². The molecule has 1 aliphatic rings. The lowest BCUT2D eigenvalue weighted by Gasteiger charge is -2.23. The van der Waals surface area contributed by atoms with Gasteiger partial charge in [0.25, 0.3) is 5.56 Å². The lowest BCUT2D eigenvalue weighted by atomic mass is 9.93. The molecule has 0 bridgehead atoms. The zero-order valence-electron chi connectivity index (χ0n) is 17.1. The molecular formula is C24H21N3O4. The summed E-state index contributed by atoms with van der Waals surface area (Å²) < 4.78 is 12.6. The number of hydrogen-bond acceptors (Lipinski definition) is 6. The Balaban J connectivity index is 1.78. The number of benzene rings is 3. The molecule has 0 fully saturated rings. The number of phenols is 1. The van der Waals surface area contributed by atoms with Gasteiger partial charge >= 0.3 is 0 Å². The van der Waals surface area contributed by atoms with Crippen LogP contribution in [0.4, 0.5) is 0 Å². The molecule has 0 spiro atoms. The average molecular weight is 415 g/mol. The van der Waals surface area contributed by atoms with Crippen molar-refractivity contribution >= 4 is 10.9 Å². The standard InChI is InChI=1S/C24H21N3O4/c1-30-20-11-15-12-22-25-19-6-4-3-5-17(19)24(29)27(22)26-23(18(15)13-21(20)31-2)14-7-9-16(28)10-8-14/h3-11,13,23,26,28H,12H2,1-2H3. The second-order valence-electron chi connectivity index (χ2n) is 7.42. The molecule has 0 aliphatic carbocycles. The van der Waals surface area contributed by atoms with Crippen LogP contribution in [-0.2, 0) is 6.42 Å². The third kappa shape index (κ3) is 3.15. The molecule has 0 saturated carbocycles. The maximum absolute atomic E-state index is 13.3. The Hall–Kier alpha value is -4.00. The first-order valence-electron chi connectivity index (χ1n) is 9.90. The van der Waals surface area contributed by atoms with Gasteiger partial charge in [-0.3, -0.25) is 4.79 Å². The van der Waals surface area contributed by atoms with E-state index in [9.17, 15) is 9.90 Å². The number of ether oxygens (including phenoxy) is 2. The van der Waals surface area contributed by atoms with E-state index in [0.717, 1.165) is 16.7 Å². The molecule has 5 rings (SSSR count). The van der Waals surface area contributed by atoms with Crippen LogP contribution in [0.3, 0.4) is 0 Å². The first-order valence-corrected chi connectivity index (χ1v) is 9.90. The molecule has 156 valence electrons. The van der Waals surface area contributed by atoms with Gasteiger partial charge in [-0.1, -0.05) is 24.3 Å². The van der Waals surface area contributed by atoms with E-state index in [1.54, 1.807) is 32.4 Å². The quantitative estimate of drug-likeness (QED) is 0.534. The predicted molar refractivity (Wildman–Crippen MR) is 118 cm³/mol. The van der Waals surface area contributed by atoms with Crippen molar-refractivity contribution in [1.82, 2.24) is 9.66 Å². The van der Waals surface area contributed by atoms with E-state index < -0.39 is 0 Å². The summed E-state index contributed by atoms with van der Waals surface area (Å²) >= 11 is 0. The minimum Gasteiger partial charge on any atom is -0.508 e. The summed E-state index contributed by atoms with van der Waals surface area (Å²) in [6, 6.07) is 17.7. The largest absolute Gasteiger partial charge is 0.508 e. The van der Waals surface area contributed by atoms with E-state index in [-0.39, 0.29) is 17.4 Å². The van der Waals surface area contributed by atoms with Gasteiger partial charge in [-0.25, -0.2) is 9.66 Å². The maximum atomic E-state index is 13.3. The van der Waals surface area contributed by atoms with E-state index in [0.29, 0.717) is 34.6 Å².